The maximum atomic E-state index is 10.2. The zero-order chi connectivity index (χ0) is 12.3. The lowest BCUT2D eigenvalue weighted by Gasteiger charge is -2.25. The predicted molar refractivity (Wildman–Crippen MR) is 62.4 cm³/mol. The van der Waals surface area contributed by atoms with Crippen LogP contribution in [0.5, 0.6) is 5.75 Å². The van der Waals surface area contributed by atoms with Crippen molar-refractivity contribution in [2.75, 3.05) is 7.11 Å². The molecule has 1 N–H and O–H groups in total. The van der Waals surface area contributed by atoms with E-state index in [1.54, 1.807) is 32.0 Å². The largest absolute Gasteiger partial charge is 0.496 e. The molecule has 1 rings (SSSR count). The maximum Gasteiger partial charge on any atom is 0.126 e. The molecular formula is C12H14ClNO2. The van der Waals surface area contributed by atoms with Crippen molar-refractivity contribution in [3.05, 3.63) is 28.8 Å². The Morgan fingerprint density at radius 2 is 2.12 bits per heavy atom. The Morgan fingerprint density at radius 3 is 2.62 bits per heavy atom. The standard InChI is InChI=1S/C12H14ClNO2/c1-12(2,7-14)11(15)10-8(13)5-4-6-9(10)16-3/h4-6,11,15H,1-3H3. The first-order valence-electron chi connectivity index (χ1n) is 4.85. The van der Waals surface area contributed by atoms with Crippen molar-refractivity contribution >= 4 is 11.6 Å². The molecule has 1 aromatic carbocycles. The summed E-state index contributed by atoms with van der Waals surface area (Å²) in [7, 11) is 1.50. The number of methoxy groups -OCH3 is 1. The first kappa shape index (κ1) is 12.8. The van der Waals surface area contributed by atoms with Crippen LogP contribution in [0.2, 0.25) is 5.02 Å². The van der Waals surface area contributed by atoms with Crippen LogP contribution in [0.15, 0.2) is 18.2 Å². The molecule has 4 heteroatoms. The summed E-state index contributed by atoms with van der Waals surface area (Å²) in [5.74, 6) is 0.489. The van der Waals surface area contributed by atoms with E-state index in [1.165, 1.54) is 7.11 Å². The van der Waals surface area contributed by atoms with Gasteiger partial charge in [-0.05, 0) is 26.0 Å². The van der Waals surface area contributed by atoms with E-state index in [2.05, 4.69) is 6.07 Å². The number of halogens is 1. The molecule has 0 radical (unpaired) electrons. The van der Waals surface area contributed by atoms with E-state index >= 15 is 0 Å². The molecule has 0 aliphatic rings. The summed E-state index contributed by atoms with van der Waals surface area (Å²) in [6, 6.07) is 7.16. The zero-order valence-electron chi connectivity index (χ0n) is 9.49. The van der Waals surface area contributed by atoms with Crippen molar-refractivity contribution in [2.45, 2.75) is 20.0 Å². The molecule has 0 saturated heterocycles. The summed E-state index contributed by atoms with van der Waals surface area (Å²) in [5, 5.41) is 19.5. The Hall–Kier alpha value is -1.24. The highest BCUT2D eigenvalue weighted by Crippen LogP contribution is 2.40. The lowest BCUT2D eigenvalue weighted by atomic mass is 9.84. The molecule has 0 aliphatic carbocycles. The average Bonchev–Trinajstić information content (AvgIpc) is 2.27. The van der Waals surface area contributed by atoms with Crippen molar-refractivity contribution in [1.82, 2.24) is 0 Å². The smallest absolute Gasteiger partial charge is 0.126 e. The van der Waals surface area contributed by atoms with Crippen LogP contribution in [0.3, 0.4) is 0 Å². The molecule has 0 spiro atoms. The summed E-state index contributed by atoms with van der Waals surface area (Å²) in [4.78, 5) is 0. The first-order chi connectivity index (χ1) is 7.44. The highest BCUT2D eigenvalue weighted by Gasteiger charge is 2.32. The first-order valence-corrected chi connectivity index (χ1v) is 5.23. The zero-order valence-corrected chi connectivity index (χ0v) is 10.2. The van der Waals surface area contributed by atoms with Gasteiger partial charge in [-0.25, -0.2) is 0 Å². The van der Waals surface area contributed by atoms with Crippen LogP contribution < -0.4 is 4.74 Å². The minimum Gasteiger partial charge on any atom is -0.496 e. The second kappa shape index (κ2) is 4.73. The molecule has 1 atom stereocenters. The monoisotopic (exact) mass is 239 g/mol. The van der Waals surface area contributed by atoms with Gasteiger partial charge in [0, 0.05) is 5.56 Å². The number of aliphatic hydroxyl groups excluding tert-OH is 1. The molecule has 0 bridgehead atoms. The molecule has 1 unspecified atom stereocenters. The fourth-order valence-corrected chi connectivity index (χ4v) is 1.65. The summed E-state index contributed by atoms with van der Waals surface area (Å²) in [5.41, 5.74) is -0.462. The van der Waals surface area contributed by atoms with Gasteiger partial charge in [-0.15, -0.1) is 0 Å². The van der Waals surface area contributed by atoms with Gasteiger partial charge in [0.05, 0.1) is 23.6 Å². The predicted octanol–water partition coefficient (Wildman–Crippen LogP) is 2.93. The molecule has 0 fully saturated rings. The van der Waals surface area contributed by atoms with Crippen LogP contribution in [0.4, 0.5) is 0 Å². The van der Waals surface area contributed by atoms with Gasteiger partial charge in [-0.3, -0.25) is 0 Å². The van der Waals surface area contributed by atoms with Gasteiger partial charge < -0.3 is 9.84 Å². The molecule has 0 saturated carbocycles. The number of hydrogen-bond acceptors (Lipinski definition) is 3. The third kappa shape index (κ3) is 2.29. The van der Waals surface area contributed by atoms with Crippen LogP contribution in [-0.4, -0.2) is 12.2 Å². The van der Waals surface area contributed by atoms with Crippen molar-refractivity contribution in [3.63, 3.8) is 0 Å². The van der Waals surface area contributed by atoms with Gasteiger partial charge in [0.1, 0.15) is 11.9 Å². The van der Waals surface area contributed by atoms with Crippen molar-refractivity contribution in [2.24, 2.45) is 5.41 Å². The number of aliphatic hydroxyl groups is 1. The lowest BCUT2D eigenvalue weighted by molar-refractivity contribution is 0.0842. The van der Waals surface area contributed by atoms with Crippen molar-refractivity contribution in [1.29, 1.82) is 5.26 Å². The second-order valence-corrected chi connectivity index (χ2v) is 4.50. The summed E-state index contributed by atoms with van der Waals surface area (Å²) in [6.45, 7) is 3.31. The third-order valence-corrected chi connectivity index (χ3v) is 2.81. The number of ether oxygens (including phenoxy) is 1. The normalized spacial score (nSPS) is 13.0. The summed E-state index contributed by atoms with van der Waals surface area (Å²) >= 11 is 6.02. The minimum absolute atomic E-state index is 0.398. The molecule has 0 aromatic heterocycles. The average molecular weight is 240 g/mol. The number of rotatable bonds is 3. The van der Waals surface area contributed by atoms with Crippen LogP contribution >= 0.6 is 11.6 Å². The molecule has 0 aliphatic heterocycles. The molecular weight excluding hydrogens is 226 g/mol. The van der Waals surface area contributed by atoms with E-state index < -0.39 is 11.5 Å². The van der Waals surface area contributed by atoms with Crippen LogP contribution in [0, 0.1) is 16.7 Å². The Balaban J connectivity index is 3.28. The SMILES string of the molecule is COc1cccc(Cl)c1C(O)C(C)(C)C#N. The Morgan fingerprint density at radius 1 is 1.50 bits per heavy atom. The highest BCUT2D eigenvalue weighted by atomic mass is 35.5. The quantitative estimate of drug-likeness (QED) is 0.882. The molecule has 16 heavy (non-hydrogen) atoms. The molecule has 3 nitrogen and oxygen atoms in total. The van der Waals surface area contributed by atoms with Crippen molar-refractivity contribution in [3.8, 4) is 11.8 Å². The van der Waals surface area contributed by atoms with Crippen molar-refractivity contribution < 1.29 is 9.84 Å². The Kier molecular flexibility index (Phi) is 3.79. The van der Waals surface area contributed by atoms with Crippen LogP contribution in [0.1, 0.15) is 25.5 Å². The molecule has 1 aromatic rings. The molecule has 0 amide bonds. The number of benzene rings is 1. The van der Waals surface area contributed by atoms with Gasteiger partial charge in [0.2, 0.25) is 0 Å². The fourth-order valence-electron chi connectivity index (χ4n) is 1.38. The fraction of sp³-hybridized carbons (Fsp3) is 0.417. The lowest BCUT2D eigenvalue weighted by Crippen LogP contribution is -2.20. The van der Waals surface area contributed by atoms with Gasteiger partial charge in [0.15, 0.2) is 0 Å². The Labute approximate surface area is 100 Å². The van der Waals surface area contributed by atoms with E-state index in [-0.39, 0.29) is 0 Å². The molecule has 0 heterocycles. The minimum atomic E-state index is -0.985. The topological polar surface area (TPSA) is 53.2 Å². The van der Waals surface area contributed by atoms with Gasteiger partial charge >= 0.3 is 0 Å². The van der Waals surface area contributed by atoms with E-state index in [4.69, 9.17) is 21.6 Å². The second-order valence-electron chi connectivity index (χ2n) is 4.09. The number of nitrogens with zero attached hydrogens (tertiary/aromatic N) is 1. The van der Waals surface area contributed by atoms with E-state index in [1.807, 2.05) is 0 Å². The van der Waals surface area contributed by atoms with E-state index in [0.717, 1.165) is 0 Å². The number of hydrogen-bond donors (Lipinski definition) is 1. The molecule has 86 valence electrons. The highest BCUT2D eigenvalue weighted by molar-refractivity contribution is 6.31. The maximum absolute atomic E-state index is 10.2. The van der Waals surface area contributed by atoms with Gasteiger partial charge in [-0.1, -0.05) is 17.7 Å². The third-order valence-electron chi connectivity index (χ3n) is 2.48. The van der Waals surface area contributed by atoms with Crippen LogP contribution in [0.25, 0.3) is 0 Å². The Bertz CT molecular complexity index is 424. The number of nitriles is 1. The van der Waals surface area contributed by atoms with Gasteiger partial charge in [-0.2, -0.15) is 5.26 Å². The van der Waals surface area contributed by atoms with E-state index in [9.17, 15) is 5.11 Å². The van der Waals surface area contributed by atoms with Crippen LogP contribution in [-0.2, 0) is 0 Å². The summed E-state index contributed by atoms with van der Waals surface area (Å²) < 4.78 is 5.13. The summed E-state index contributed by atoms with van der Waals surface area (Å²) in [6.07, 6.45) is -0.985. The van der Waals surface area contributed by atoms with Gasteiger partial charge in [0.25, 0.3) is 0 Å². The van der Waals surface area contributed by atoms with E-state index in [0.29, 0.717) is 16.3 Å².